The summed E-state index contributed by atoms with van der Waals surface area (Å²) >= 11 is 0. The van der Waals surface area contributed by atoms with Crippen LogP contribution in [0.1, 0.15) is 39.1 Å². The van der Waals surface area contributed by atoms with Crippen LogP contribution in [0.4, 0.5) is 20.2 Å². The number of hydrogen-bond acceptors (Lipinski definition) is 4. The second kappa shape index (κ2) is 13.5. The number of nitrogens with one attached hydrogen (secondary N) is 2. The van der Waals surface area contributed by atoms with E-state index in [0.717, 1.165) is 30.2 Å². The Hall–Kier alpha value is -5.15. The van der Waals surface area contributed by atoms with Crippen molar-refractivity contribution in [1.82, 2.24) is 10.2 Å². The molecule has 9 heteroatoms. The summed E-state index contributed by atoms with van der Waals surface area (Å²) in [4.78, 5) is 43.1. The number of alkyl halides is 2. The van der Waals surface area contributed by atoms with Crippen LogP contribution in [0.25, 0.3) is 16.7 Å². The topological polar surface area (TPSA) is 81.8 Å². The van der Waals surface area contributed by atoms with E-state index in [1.54, 1.807) is 59.5 Å². The van der Waals surface area contributed by atoms with Gasteiger partial charge in [-0.1, -0.05) is 66.7 Å². The standard InChI is InChI=1S/C37H34F2N4O3/c38-37(39)19-23-43(33-14-7-6-13-31(33)32(37)25-34(44)42-22-8-20-40-21-24-42)36(46)27-15-17-28(18-16-27)41-35(45)30-12-5-4-11-29(30)26-9-2-1-3-10-26/h1-7,9-18,25,40H,8,19-24H2,(H,41,45)/b32-25-. The maximum Gasteiger partial charge on any atom is 0.275 e. The highest BCUT2D eigenvalue weighted by Gasteiger charge is 2.41. The number of amides is 3. The fourth-order valence-electron chi connectivity index (χ4n) is 5.92. The van der Waals surface area contributed by atoms with E-state index in [2.05, 4.69) is 10.6 Å². The Morgan fingerprint density at radius 1 is 0.761 bits per heavy atom. The lowest BCUT2D eigenvalue weighted by Crippen LogP contribution is -2.34. The molecule has 234 valence electrons. The molecule has 0 aromatic heterocycles. The molecule has 0 spiro atoms. The van der Waals surface area contributed by atoms with Crippen molar-refractivity contribution in [2.75, 3.05) is 42.9 Å². The van der Waals surface area contributed by atoms with Crippen LogP contribution in [-0.4, -0.2) is 61.3 Å². The van der Waals surface area contributed by atoms with E-state index in [-0.39, 0.29) is 29.2 Å². The molecular formula is C37H34F2N4O3. The van der Waals surface area contributed by atoms with E-state index < -0.39 is 24.2 Å². The van der Waals surface area contributed by atoms with Crippen LogP contribution >= 0.6 is 0 Å². The summed E-state index contributed by atoms with van der Waals surface area (Å²) in [7, 11) is 0. The summed E-state index contributed by atoms with van der Waals surface area (Å²) in [6, 6.07) is 29.8. The zero-order valence-electron chi connectivity index (χ0n) is 25.2. The smallest absolute Gasteiger partial charge is 0.275 e. The van der Waals surface area contributed by atoms with Gasteiger partial charge in [0, 0.05) is 66.6 Å². The van der Waals surface area contributed by atoms with Crippen LogP contribution in [-0.2, 0) is 4.79 Å². The highest BCUT2D eigenvalue weighted by atomic mass is 19.3. The number of rotatable bonds is 5. The third-order valence-electron chi connectivity index (χ3n) is 8.34. The van der Waals surface area contributed by atoms with Gasteiger partial charge in [-0.05, 0) is 60.5 Å². The Balaban J connectivity index is 1.23. The Labute approximate surface area is 266 Å². The van der Waals surface area contributed by atoms with Crippen molar-refractivity contribution >= 4 is 34.7 Å². The second-order valence-corrected chi connectivity index (χ2v) is 11.4. The Morgan fingerprint density at radius 2 is 1.46 bits per heavy atom. The number of fused-ring (bicyclic) bond motifs is 1. The van der Waals surface area contributed by atoms with E-state index in [0.29, 0.717) is 36.6 Å². The predicted molar refractivity (Wildman–Crippen MR) is 176 cm³/mol. The Kier molecular flexibility index (Phi) is 9.03. The fraction of sp³-hybridized carbons (Fsp3) is 0.216. The first kappa shape index (κ1) is 30.9. The highest BCUT2D eigenvalue weighted by Crippen LogP contribution is 2.43. The van der Waals surface area contributed by atoms with E-state index >= 15 is 8.78 Å². The number of hydrogen-bond donors (Lipinski definition) is 2. The quantitative estimate of drug-likeness (QED) is 0.250. The molecule has 46 heavy (non-hydrogen) atoms. The van der Waals surface area contributed by atoms with Gasteiger partial charge < -0.3 is 20.4 Å². The first-order valence-corrected chi connectivity index (χ1v) is 15.4. The lowest BCUT2D eigenvalue weighted by Gasteiger charge is -2.23. The van der Waals surface area contributed by atoms with Crippen LogP contribution in [0.5, 0.6) is 0 Å². The summed E-state index contributed by atoms with van der Waals surface area (Å²) in [5.41, 5.74) is 3.07. The molecule has 2 aliphatic rings. The Bertz CT molecular complexity index is 1770. The summed E-state index contributed by atoms with van der Waals surface area (Å²) in [5.74, 6) is -4.54. The van der Waals surface area contributed by atoms with Crippen molar-refractivity contribution in [3.63, 3.8) is 0 Å². The van der Waals surface area contributed by atoms with Crippen molar-refractivity contribution in [3.05, 3.63) is 126 Å². The lowest BCUT2D eigenvalue weighted by molar-refractivity contribution is -0.125. The molecule has 3 amide bonds. The van der Waals surface area contributed by atoms with Gasteiger partial charge in [-0.3, -0.25) is 14.4 Å². The van der Waals surface area contributed by atoms with Crippen LogP contribution in [0.3, 0.4) is 0 Å². The van der Waals surface area contributed by atoms with Crippen molar-refractivity contribution in [2.45, 2.75) is 18.8 Å². The first-order chi connectivity index (χ1) is 22.3. The van der Waals surface area contributed by atoms with Crippen molar-refractivity contribution < 1.29 is 23.2 Å². The van der Waals surface area contributed by atoms with Crippen molar-refractivity contribution in [1.29, 1.82) is 0 Å². The minimum Gasteiger partial charge on any atom is -0.338 e. The zero-order valence-corrected chi connectivity index (χ0v) is 25.2. The van der Waals surface area contributed by atoms with Crippen molar-refractivity contribution in [3.8, 4) is 11.1 Å². The number of allylic oxidation sites excluding steroid dienone is 1. The average Bonchev–Trinajstić information content (AvgIpc) is 3.43. The zero-order chi connectivity index (χ0) is 32.1. The van der Waals surface area contributed by atoms with Gasteiger partial charge >= 0.3 is 0 Å². The van der Waals surface area contributed by atoms with Gasteiger partial charge in [0.2, 0.25) is 5.91 Å². The SMILES string of the molecule is O=C(Nc1ccc(C(=O)N2CCC(F)(F)/C(=C\C(=O)N3CCCNCC3)c3ccccc32)cc1)c1ccccc1-c1ccccc1. The van der Waals surface area contributed by atoms with Gasteiger partial charge in [0.25, 0.3) is 17.7 Å². The summed E-state index contributed by atoms with van der Waals surface area (Å²) in [6.45, 7) is 2.07. The molecular weight excluding hydrogens is 586 g/mol. The molecule has 0 bridgehead atoms. The fourth-order valence-corrected chi connectivity index (χ4v) is 5.92. The molecule has 0 aliphatic carbocycles. The molecule has 0 atom stereocenters. The van der Waals surface area contributed by atoms with E-state index in [9.17, 15) is 14.4 Å². The molecule has 2 N–H and O–H groups in total. The van der Waals surface area contributed by atoms with Crippen LogP contribution < -0.4 is 15.5 Å². The minimum atomic E-state index is -3.32. The van der Waals surface area contributed by atoms with Crippen LogP contribution in [0.15, 0.2) is 109 Å². The van der Waals surface area contributed by atoms with Gasteiger partial charge in [-0.2, -0.15) is 0 Å². The molecule has 4 aromatic carbocycles. The molecule has 0 saturated carbocycles. The average molecular weight is 621 g/mol. The molecule has 1 saturated heterocycles. The van der Waals surface area contributed by atoms with E-state index in [1.165, 1.54) is 11.0 Å². The molecule has 1 fully saturated rings. The number of carbonyl (C=O) groups is 3. The predicted octanol–water partition coefficient (Wildman–Crippen LogP) is 6.50. The van der Waals surface area contributed by atoms with E-state index in [4.69, 9.17) is 0 Å². The van der Waals surface area contributed by atoms with Gasteiger partial charge in [0.05, 0.1) is 5.69 Å². The van der Waals surface area contributed by atoms with E-state index in [1.807, 2.05) is 42.5 Å². The number of para-hydroxylation sites is 1. The summed E-state index contributed by atoms with van der Waals surface area (Å²) in [6.07, 6.45) is 1.15. The number of halogens is 2. The van der Waals surface area contributed by atoms with Crippen molar-refractivity contribution in [2.24, 2.45) is 0 Å². The monoisotopic (exact) mass is 620 g/mol. The maximum absolute atomic E-state index is 15.7. The number of nitrogens with zero attached hydrogens (tertiary/aromatic N) is 2. The maximum atomic E-state index is 15.7. The molecule has 2 aliphatic heterocycles. The lowest BCUT2D eigenvalue weighted by atomic mass is 9.96. The van der Waals surface area contributed by atoms with Gasteiger partial charge in [-0.15, -0.1) is 0 Å². The number of benzene rings is 4. The largest absolute Gasteiger partial charge is 0.338 e. The molecule has 0 radical (unpaired) electrons. The summed E-state index contributed by atoms with van der Waals surface area (Å²) in [5, 5.41) is 6.11. The molecule has 4 aromatic rings. The van der Waals surface area contributed by atoms with Gasteiger partial charge in [0.1, 0.15) is 0 Å². The second-order valence-electron chi connectivity index (χ2n) is 11.4. The normalized spacial score (nSPS) is 17.0. The number of carbonyl (C=O) groups excluding carboxylic acids is 3. The molecule has 6 rings (SSSR count). The molecule has 2 heterocycles. The number of anilines is 2. The summed E-state index contributed by atoms with van der Waals surface area (Å²) < 4.78 is 31.4. The molecule has 0 unspecified atom stereocenters. The highest BCUT2D eigenvalue weighted by molar-refractivity contribution is 6.11. The van der Waals surface area contributed by atoms with Crippen LogP contribution in [0.2, 0.25) is 0 Å². The van der Waals surface area contributed by atoms with Gasteiger partial charge in [-0.25, -0.2) is 8.78 Å². The third-order valence-corrected chi connectivity index (χ3v) is 8.34. The minimum absolute atomic E-state index is 0.153. The molecule has 7 nitrogen and oxygen atoms in total. The van der Waals surface area contributed by atoms with Gasteiger partial charge in [0.15, 0.2) is 0 Å². The van der Waals surface area contributed by atoms with Crippen LogP contribution in [0, 0.1) is 0 Å². The Morgan fingerprint density at radius 3 is 2.24 bits per heavy atom. The first-order valence-electron chi connectivity index (χ1n) is 15.4. The third kappa shape index (κ3) is 6.60.